The summed E-state index contributed by atoms with van der Waals surface area (Å²) in [7, 11) is 0. The van der Waals surface area contributed by atoms with E-state index < -0.39 is 0 Å². The number of nitrogens with zero attached hydrogens (tertiary/aromatic N) is 3. The van der Waals surface area contributed by atoms with E-state index in [1.807, 2.05) is 24.4 Å². The van der Waals surface area contributed by atoms with Crippen LogP contribution in [0.5, 0.6) is 0 Å². The van der Waals surface area contributed by atoms with Gasteiger partial charge in [0.25, 0.3) is 5.91 Å². The van der Waals surface area contributed by atoms with Gasteiger partial charge in [0.15, 0.2) is 0 Å². The smallest absolute Gasteiger partial charge is 0.251 e. The van der Waals surface area contributed by atoms with Crippen LogP contribution in [0.15, 0.2) is 30.6 Å². The Bertz CT molecular complexity index is 594. The van der Waals surface area contributed by atoms with Crippen molar-refractivity contribution in [2.24, 2.45) is 0 Å². The van der Waals surface area contributed by atoms with Crippen LogP contribution in [0.2, 0.25) is 0 Å². The molecule has 1 aromatic heterocycles. The van der Waals surface area contributed by atoms with Crippen LogP contribution in [-0.4, -0.2) is 34.0 Å². The minimum atomic E-state index is -0.0277. The molecule has 6 heteroatoms. The average Bonchev–Trinajstić information content (AvgIpc) is 3.13. The molecule has 1 aliphatic heterocycles. The van der Waals surface area contributed by atoms with Crippen molar-refractivity contribution in [1.82, 2.24) is 20.3 Å². The highest BCUT2D eigenvalue weighted by Crippen LogP contribution is 2.23. The van der Waals surface area contributed by atoms with E-state index in [0.717, 1.165) is 31.6 Å². The van der Waals surface area contributed by atoms with Crippen molar-refractivity contribution in [3.05, 3.63) is 41.7 Å². The fourth-order valence-electron chi connectivity index (χ4n) is 2.33. The number of hydrogen-bond acceptors (Lipinski definition) is 4. The van der Waals surface area contributed by atoms with Gasteiger partial charge in [0.2, 0.25) is 0 Å². The zero-order valence-electron chi connectivity index (χ0n) is 11.2. The number of aromatic nitrogens is 3. The van der Waals surface area contributed by atoms with Crippen LogP contribution in [0.3, 0.4) is 0 Å². The van der Waals surface area contributed by atoms with Crippen LogP contribution < -0.4 is 10.6 Å². The molecule has 0 fully saturated rings. The van der Waals surface area contributed by atoms with E-state index in [1.165, 1.54) is 5.56 Å². The molecule has 104 valence electrons. The minimum Gasteiger partial charge on any atom is -0.384 e. The Hall–Kier alpha value is -2.37. The van der Waals surface area contributed by atoms with Crippen molar-refractivity contribution in [2.45, 2.75) is 19.4 Å². The first kappa shape index (κ1) is 12.7. The normalized spacial score (nSPS) is 12.8. The number of nitrogens with one attached hydrogen (secondary N) is 2. The SMILES string of the molecule is O=C(NCCCn1ccnn1)c1ccc2c(c1)NCC2. The van der Waals surface area contributed by atoms with E-state index in [0.29, 0.717) is 12.1 Å². The second-order valence-corrected chi connectivity index (χ2v) is 4.82. The fourth-order valence-corrected chi connectivity index (χ4v) is 2.33. The van der Waals surface area contributed by atoms with Crippen LogP contribution in [0.1, 0.15) is 22.3 Å². The third kappa shape index (κ3) is 2.79. The Morgan fingerprint density at radius 1 is 1.45 bits per heavy atom. The van der Waals surface area contributed by atoms with Crippen molar-refractivity contribution >= 4 is 11.6 Å². The largest absolute Gasteiger partial charge is 0.384 e. The van der Waals surface area contributed by atoms with Crippen molar-refractivity contribution < 1.29 is 4.79 Å². The Morgan fingerprint density at radius 3 is 3.25 bits per heavy atom. The van der Waals surface area contributed by atoms with Crippen LogP contribution in [0.25, 0.3) is 0 Å². The Labute approximate surface area is 117 Å². The molecule has 0 saturated heterocycles. The zero-order valence-corrected chi connectivity index (χ0v) is 11.2. The zero-order chi connectivity index (χ0) is 13.8. The van der Waals surface area contributed by atoms with Gasteiger partial charge in [-0.05, 0) is 30.5 Å². The lowest BCUT2D eigenvalue weighted by Crippen LogP contribution is -2.25. The van der Waals surface area contributed by atoms with E-state index in [1.54, 1.807) is 10.9 Å². The molecule has 6 nitrogen and oxygen atoms in total. The third-order valence-electron chi connectivity index (χ3n) is 3.40. The van der Waals surface area contributed by atoms with Crippen molar-refractivity contribution in [3.63, 3.8) is 0 Å². The highest BCUT2D eigenvalue weighted by atomic mass is 16.1. The van der Waals surface area contributed by atoms with Gasteiger partial charge in [-0.3, -0.25) is 9.48 Å². The van der Waals surface area contributed by atoms with E-state index >= 15 is 0 Å². The number of fused-ring (bicyclic) bond motifs is 1. The van der Waals surface area contributed by atoms with Crippen molar-refractivity contribution in [3.8, 4) is 0 Å². The van der Waals surface area contributed by atoms with Crippen LogP contribution in [0.4, 0.5) is 5.69 Å². The molecule has 20 heavy (non-hydrogen) atoms. The second kappa shape index (κ2) is 5.73. The summed E-state index contributed by atoms with van der Waals surface area (Å²) in [6.45, 7) is 2.34. The van der Waals surface area contributed by atoms with E-state index in [2.05, 4.69) is 20.9 Å². The van der Waals surface area contributed by atoms with Crippen LogP contribution in [0, 0.1) is 0 Å². The van der Waals surface area contributed by atoms with E-state index in [-0.39, 0.29) is 5.91 Å². The van der Waals surface area contributed by atoms with Crippen molar-refractivity contribution in [1.29, 1.82) is 0 Å². The molecule has 1 aliphatic rings. The van der Waals surface area contributed by atoms with Gasteiger partial charge in [0, 0.05) is 37.1 Å². The molecule has 2 N–H and O–H groups in total. The number of carbonyl (C=O) groups is 1. The highest BCUT2D eigenvalue weighted by Gasteiger charge is 2.12. The molecule has 0 bridgehead atoms. The first-order valence-corrected chi connectivity index (χ1v) is 6.82. The highest BCUT2D eigenvalue weighted by molar-refractivity contribution is 5.95. The number of amides is 1. The monoisotopic (exact) mass is 271 g/mol. The van der Waals surface area contributed by atoms with Gasteiger partial charge >= 0.3 is 0 Å². The summed E-state index contributed by atoms with van der Waals surface area (Å²) >= 11 is 0. The number of hydrogen-bond donors (Lipinski definition) is 2. The summed E-state index contributed by atoms with van der Waals surface area (Å²) in [5.74, 6) is -0.0277. The quantitative estimate of drug-likeness (QED) is 0.798. The van der Waals surface area contributed by atoms with Gasteiger partial charge in [-0.25, -0.2) is 0 Å². The number of carbonyl (C=O) groups excluding carboxylic acids is 1. The predicted molar refractivity (Wildman–Crippen MR) is 75.6 cm³/mol. The van der Waals surface area contributed by atoms with Gasteiger partial charge in [0.1, 0.15) is 0 Å². The van der Waals surface area contributed by atoms with Gasteiger partial charge in [0.05, 0.1) is 6.20 Å². The maximum atomic E-state index is 12.0. The molecule has 0 aliphatic carbocycles. The number of rotatable bonds is 5. The second-order valence-electron chi connectivity index (χ2n) is 4.82. The van der Waals surface area contributed by atoms with Gasteiger partial charge in [-0.2, -0.15) is 0 Å². The van der Waals surface area contributed by atoms with Gasteiger partial charge < -0.3 is 10.6 Å². The summed E-state index contributed by atoms with van der Waals surface area (Å²) in [6, 6.07) is 5.84. The molecular weight excluding hydrogens is 254 g/mol. The third-order valence-corrected chi connectivity index (χ3v) is 3.40. The summed E-state index contributed by atoms with van der Waals surface area (Å²) in [6.07, 6.45) is 5.33. The molecule has 2 aromatic rings. The molecule has 0 atom stereocenters. The predicted octanol–water partition coefficient (Wildman–Crippen LogP) is 1.07. The van der Waals surface area contributed by atoms with E-state index in [4.69, 9.17) is 0 Å². The fraction of sp³-hybridized carbons (Fsp3) is 0.357. The van der Waals surface area contributed by atoms with Crippen LogP contribution >= 0.6 is 0 Å². The molecule has 3 rings (SSSR count). The molecule has 1 amide bonds. The molecule has 0 unspecified atom stereocenters. The lowest BCUT2D eigenvalue weighted by molar-refractivity contribution is 0.0952. The molecule has 1 aromatic carbocycles. The van der Waals surface area contributed by atoms with Gasteiger partial charge in [-0.15, -0.1) is 5.10 Å². The van der Waals surface area contributed by atoms with Crippen molar-refractivity contribution in [2.75, 3.05) is 18.4 Å². The summed E-state index contributed by atoms with van der Waals surface area (Å²) in [4.78, 5) is 12.0. The molecule has 0 spiro atoms. The number of anilines is 1. The topological polar surface area (TPSA) is 71.8 Å². The summed E-state index contributed by atoms with van der Waals surface area (Å²) in [5, 5.41) is 13.8. The van der Waals surface area contributed by atoms with E-state index in [9.17, 15) is 4.79 Å². The Morgan fingerprint density at radius 2 is 2.40 bits per heavy atom. The maximum Gasteiger partial charge on any atom is 0.251 e. The Balaban J connectivity index is 1.49. The Kier molecular flexibility index (Phi) is 3.62. The first-order valence-electron chi connectivity index (χ1n) is 6.82. The molecular formula is C14H17N5O. The lowest BCUT2D eigenvalue weighted by atomic mass is 10.1. The number of benzene rings is 1. The van der Waals surface area contributed by atoms with Gasteiger partial charge in [-0.1, -0.05) is 11.3 Å². The molecule has 2 heterocycles. The minimum absolute atomic E-state index is 0.0277. The number of aryl methyl sites for hydroxylation is 1. The maximum absolute atomic E-state index is 12.0. The molecule has 0 radical (unpaired) electrons. The standard InChI is InChI=1S/C14H17N5O/c20-14(16-5-1-8-19-9-7-17-18-19)12-3-2-11-4-6-15-13(11)10-12/h2-3,7,9-10,15H,1,4-6,8H2,(H,16,20). The first-order chi connectivity index (χ1) is 9.83. The summed E-state index contributed by atoms with van der Waals surface area (Å²) in [5.41, 5.74) is 3.08. The lowest BCUT2D eigenvalue weighted by Gasteiger charge is -2.07. The summed E-state index contributed by atoms with van der Waals surface area (Å²) < 4.78 is 1.76. The average molecular weight is 271 g/mol. The molecule has 0 saturated carbocycles. The van der Waals surface area contributed by atoms with Crippen LogP contribution in [-0.2, 0) is 13.0 Å².